The Morgan fingerprint density at radius 1 is 0.880 bits per heavy atom. The minimum Gasteiger partial charge on any atom is -0.494 e. The second kappa shape index (κ2) is 7.82. The summed E-state index contributed by atoms with van der Waals surface area (Å²) in [6, 6.07) is 11.4. The molecule has 0 saturated heterocycles. The molecular formula is C17H16N2O6. The SMILES string of the molecule is COc1cc(NC(=O)c2ccccc2)c(OC)cc1NC(=O)C(=O)O. The fourth-order valence-corrected chi connectivity index (χ4v) is 2.05. The van der Waals surface area contributed by atoms with Gasteiger partial charge >= 0.3 is 11.9 Å². The highest BCUT2D eigenvalue weighted by Gasteiger charge is 2.18. The molecule has 3 N–H and O–H groups in total. The molecule has 2 amide bonds. The first kappa shape index (κ1) is 17.8. The Kier molecular flexibility index (Phi) is 5.57. The summed E-state index contributed by atoms with van der Waals surface area (Å²) in [5.41, 5.74) is 0.859. The summed E-state index contributed by atoms with van der Waals surface area (Å²) >= 11 is 0. The Hall–Kier alpha value is -3.55. The van der Waals surface area contributed by atoms with Crippen molar-refractivity contribution < 1.29 is 29.0 Å². The average molecular weight is 344 g/mol. The van der Waals surface area contributed by atoms with Crippen molar-refractivity contribution in [3.8, 4) is 11.5 Å². The lowest BCUT2D eigenvalue weighted by Gasteiger charge is -2.15. The highest BCUT2D eigenvalue weighted by molar-refractivity contribution is 6.36. The zero-order valence-electron chi connectivity index (χ0n) is 13.5. The number of carbonyl (C=O) groups excluding carboxylic acids is 2. The summed E-state index contributed by atoms with van der Waals surface area (Å²) in [5, 5.41) is 13.6. The fourth-order valence-electron chi connectivity index (χ4n) is 2.05. The third kappa shape index (κ3) is 4.25. The molecule has 0 radical (unpaired) electrons. The summed E-state index contributed by atoms with van der Waals surface area (Å²) in [5.74, 6) is -2.82. The number of anilines is 2. The zero-order chi connectivity index (χ0) is 18.4. The number of nitrogens with one attached hydrogen (secondary N) is 2. The van der Waals surface area contributed by atoms with Gasteiger partial charge in [-0.1, -0.05) is 18.2 Å². The van der Waals surface area contributed by atoms with Crippen LogP contribution in [0.4, 0.5) is 11.4 Å². The van der Waals surface area contributed by atoms with Crippen LogP contribution in [0.15, 0.2) is 42.5 Å². The molecule has 0 fully saturated rings. The quantitative estimate of drug-likeness (QED) is 0.715. The van der Waals surface area contributed by atoms with E-state index in [1.165, 1.54) is 26.4 Å². The van der Waals surface area contributed by atoms with Crippen LogP contribution in [-0.4, -0.2) is 37.1 Å². The first-order chi connectivity index (χ1) is 12.0. The molecule has 8 nitrogen and oxygen atoms in total. The Morgan fingerprint density at radius 3 is 1.88 bits per heavy atom. The largest absolute Gasteiger partial charge is 0.494 e. The average Bonchev–Trinajstić information content (AvgIpc) is 2.62. The maximum absolute atomic E-state index is 12.3. The number of hydrogen-bond acceptors (Lipinski definition) is 5. The summed E-state index contributed by atoms with van der Waals surface area (Å²) < 4.78 is 10.3. The molecule has 0 heterocycles. The highest BCUT2D eigenvalue weighted by Crippen LogP contribution is 2.36. The highest BCUT2D eigenvalue weighted by atomic mass is 16.5. The van der Waals surface area contributed by atoms with Gasteiger partial charge < -0.3 is 25.2 Å². The van der Waals surface area contributed by atoms with Crippen molar-refractivity contribution in [1.82, 2.24) is 0 Å². The molecule has 0 aliphatic carbocycles. The molecule has 0 aliphatic heterocycles. The fraction of sp³-hybridized carbons (Fsp3) is 0.118. The lowest BCUT2D eigenvalue weighted by molar-refractivity contribution is -0.147. The summed E-state index contributed by atoms with van der Waals surface area (Å²) in [6.45, 7) is 0. The van der Waals surface area contributed by atoms with Crippen LogP contribution < -0.4 is 20.1 Å². The topological polar surface area (TPSA) is 114 Å². The van der Waals surface area contributed by atoms with Gasteiger partial charge in [0.1, 0.15) is 11.5 Å². The van der Waals surface area contributed by atoms with Crippen LogP contribution in [0.25, 0.3) is 0 Å². The smallest absolute Gasteiger partial charge is 0.394 e. The lowest BCUT2D eigenvalue weighted by Crippen LogP contribution is -2.22. The Bertz CT molecular complexity index is 804. The number of ether oxygens (including phenoxy) is 2. The van der Waals surface area contributed by atoms with E-state index in [0.29, 0.717) is 11.3 Å². The minimum atomic E-state index is -1.64. The standard InChI is InChI=1S/C17H16N2O6/c1-24-13-9-12(19-16(21)17(22)23)14(25-2)8-11(13)18-15(20)10-6-4-3-5-7-10/h3-9H,1-2H3,(H,18,20)(H,19,21)(H,22,23). The first-order valence-electron chi connectivity index (χ1n) is 7.13. The number of benzene rings is 2. The van der Waals surface area contributed by atoms with Crippen LogP contribution >= 0.6 is 0 Å². The Balaban J connectivity index is 2.34. The predicted molar refractivity (Wildman–Crippen MR) is 90.2 cm³/mol. The number of carboxylic acid groups (broad SMARTS) is 1. The van der Waals surface area contributed by atoms with Crippen LogP contribution in [-0.2, 0) is 9.59 Å². The van der Waals surface area contributed by atoms with E-state index in [4.69, 9.17) is 14.6 Å². The Labute approximate surface area is 143 Å². The monoisotopic (exact) mass is 344 g/mol. The molecule has 0 atom stereocenters. The third-order valence-electron chi connectivity index (χ3n) is 3.25. The number of aliphatic carboxylic acids is 1. The number of hydrogen-bond donors (Lipinski definition) is 3. The minimum absolute atomic E-state index is 0.101. The maximum atomic E-state index is 12.3. The van der Waals surface area contributed by atoms with E-state index >= 15 is 0 Å². The van der Waals surface area contributed by atoms with Gasteiger partial charge in [0.25, 0.3) is 5.91 Å². The number of amides is 2. The summed E-state index contributed by atoms with van der Waals surface area (Å²) in [6.07, 6.45) is 0. The van der Waals surface area contributed by atoms with Crippen LogP contribution in [0.1, 0.15) is 10.4 Å². The van der Waals surface area contributed by atoms with Gasteiger partial charge in [-0.25, -0.2) is 4.79 Å². The van der Waals surface area contributed by atoms with Gasteiger partial charge in [-0.05, 0) is 12.1 Å². The van der Waals surface area contributed by atoms with Crippen molar-refractivity contribution in [1.29, 1.82) is 0 Å². The molecule has 0 spiro atoms. The summed E-state index contributed by atoms with van der Waals surface area (Å²) in [4.78, 5) is 34.3. The van der Waals surface area contributed by atoms with Crippen molar-refractivity contribution in [2.24, 2.45) is 0 Å². The molecule has 0 saturated carbocycles. The number of carbonyl (C=O) groups is 3. The van der Waals surface area contributed by atoms with E-state index in [1.807, 2.05) is 0 Å². The molecule has 8 heteroatoms. The predicted octanol–water partition coefficient (Wildman–Crippen LogP) is 1.98. The van der Waals surface area contributed by atoms with Crippen molar-refractivity contribution in [2.45, 2.75) is 0 Å². The molecule has 2 rings (SSSR count). The van der Waals surface area contributed by atoms with E-state index in [-0.39, 0.29) is 23.1 Å². The van der Waals surface area contributed by atoms with Crippen molar-refractivity contribution in [3.05, 3.63) is 48.0 Å². The van der Waals surface area contributed by atoms with Gasteiger partial charge in [0.2, 0.25) is 0 Å². The van der Waals surface area contributed by atoms with Gasteiger partial charge in [-0.2, -0.15) is 0 Å². The van der Waals surface area contributed by atoms with Crippen LogP contribution in [0, 0.1) is 0 Å². The number of methoxy groups -OCH3 is 2. The van der Waals surface area contributed by atoms with Crippen LogP contribution in [0.2, 0.25) is 0 Å². The zero-order valence-corrected chi connectivity index (χ0v) is 13.5. The van der Waals surface area contributed by atoms with Gasteiger partial charge in [0, 0.05) is 17.7 Å². The maximum Gasteiger partial charge on any atom is 0.394 e. The van der Waals surface area contributed by atoms with Gasteiger partial charge in [-0.3, -0.25) is 9.59 Å². The third-order valence-corrected chi connectivity index (χ3v) is 3.25. The van der Waals surface area contributed by atoms with Crippen molar-refractivity contribution in [3.63, 3.8) is 0 Å². The summed E-state index contributed by atoms with van der Waals surface area (Å²) in [7, 11) is 2.73. The molecule has 2 aromatic carbocycles. The number of rotatable bonds is 5. The number of carboxylic acids is 1. The van der Waals surface area contributed by atoms with Gasteiger partial charge in [0.05, 0.1) is 25.6 Å². The first-order valence-corrected chi connectivity index (χ1v) is 7.13. The van der Waals surface area contributed by atoms with Crippen LogP contribution in [0.3, 0.4) is 0 Å². The van der Waals surface area contributed by atoms with E-state index in [0.717, 1.165) is 0 Å². The molecule has 25 heavy (non-hydrogen) atoms. The van der Waals surface area contributed by atoms with Crippen molar-refractivity contribution in [2.75, 3.05) is 24.9 Å². The second-order valence-corrected chi connectivity index (χ2v) is 4.83. The molecule has 0 unspecified atom stereocenters. The second-order valence-electron chi connectivity index (χ2n) is 4.83. The van der Waals surface area contributed by atoms with E-state index < -0.39 is 11.9 Å². The van der Waals surface area contributed by atoms with E-state index in [2.05, 4.69) is 10.6 Å². The molecule has 0 aliphatic rings. The molecule has 0 aromatic heterocycles. The molecule has 130 valence electrons. The van der Waals surface area contributed by atoms with E-state index in [9.17, 15) is 14.4 Å². The normalized spacial score (nSPS) is 9.84. The van der Waals surface area contributed by atoms with E-state index in [1.54, 1.807) is 30.3 Å². The lowest BCUT2D eigenvalue weighted by atomic mass is 10.2. The van der Waals surface area contributed by atoms with Gasteiger partial charge in [0.15, 0.2) is 0 Å². The Morgan fingerprint density at radius 2 is 1.40 bits per heavy atom. The van der Waals surface area contributed by atoms with Gasteiger partial charge in [-0.15, -0.1) is 0 Å². The van der Waals surface area contributed by atoms with Crippen LogP contribution in [0.5, 0.6) is 11.5 Å². The molecule has 2 aromatic rings. The molecule has 0 bridgehead atoms. The van der Waals surface area contributed by atoms with Crippen molar-refractivity contribution >= 4 is 29.2 Å². The molecular weight excluding hydrogens is 328 g/mol.